The Morgan fingerprint density at radius 2 is 1.65 bits per heavy atom. The van der Waals surface area contributed by atoms with Gasteiger partial charge in [0.15, 0.2) is 0 Å². The van der Waals surface area contributed by atoms with Crippen LogP contribution in [0.2, 0.25) is 0 Å². The van der Waals surface area contributed by atoms with Gasteiger partial charge in [-0.25, -0.2) is 8.42 Å². The highest BCUT2D eigenvalue weighted by atomic mass is 32.2. The van der Waals surface area contributed by atoms with E-state index in [9.17, 15) is 18.0 Å². The monoisotopic (exact) mass is 487 g/mol. The summed E-state index contributed by atoms with van der Waals surface area (Å²) >= 11 is 0. The van der Waals surface area contributed by atoms with Crippen LogP contribution in [0.1, 0.15) is 48.4 Å². The van der Waals surface area contributed by atoms with Crippen molar-refractivity contribution in [3.8, 4) is 0 Å². The normalized spacial score (nSPS) is 12.2. The number of amides is 2. The standard InChI is InChI=1S/C26H37N3O4S/c1-7-24(26(31)27-5)28(18-22-11-8-10-19(2)15-22)25(30)12-9-13-29(34(6,32)33)23-16-20(3)14-21(4)17-23/h8,10-11,14-17,24H,7,9,12-13,18H2,1-6H3,(H,27,31)/t24-/m1/s1. The van der Waals surface area contributed by atoms with Crippen molar-refractivity contribution in [2.45, 2.75) is 59.5 Å². The summed E-state index contributed by atoms with van der Waals surface area (Å²) < 4.78 is 26.3. The number of benzene rings is 2. The summed E-state index contributed by atoms with van der Waals surface area (Å²) in [6.45, 7) is 8.21. The predicted molar refractivity (Wildman–Crippen MR) is 137 cm³/mol. The zero-order valence-corrected chi connectivity index (χ0v) is 21.9. The number of nitrogens with zero attached hydrogens (tertiary/aromatic N) is 2. The molecule has 186 valence electrons. The summed E-state index contributed by atoms with van der Waals surface area (Å²) in [6.07, 6.45) is 2.13. The lowest BCUT2D eigenvalue weighted by Gasteiger charge is -2.31. The van der Waals surface area contributed by atoms with Crippen molar-refractivity contribution in [3.63, 3.8) is 0 Å². The molecular weight excluding hydrogens is 450 g/mol. The fourth-order valence-electron chi connectivity index (χ4n) is 4.19. The summed E-state index contributed by atoms with van der Waals surface area (Å²) in [6, 6.07) is 12.9. The number of carbonyl (C=O) groups excluding carboxylic acids is 2. The molecule has 0 saturated heterocycles. The number of rotatable bonds is 11. The van der Waals surface area contributed by atoms with E-state index >= 15 is 0 Å². The van der Waals surface area contributed by atoms with Crippen LogP contribution in [0.4, 0.5) is 5.69 Å². The third kappa shape index (κ3) is 7.58. The molecule has 2 amide bonds. The number of carbonyl (C=O) groups is 2. The Hall–Kier alpha value is -2.87. The molecule has 0 fully saturated rings. The SMILES string of the molecule is CC[C@H](C(=O)NC)N(Cc1cccc(C)c1)C(=O)CCCN(c1cc(C)cc(C)c1)S(C)(=O)=O. The Balaban J connectivity index is 2.21. The lowest BCUT2D eigenvalue weighted by molar-refractivity contribution is -0.141. The van der Waals surface area contributed by atoms with Crippen molar-refractivity contribution in [2.24, 2.45) is 0 Å². The van der Waals surface area contributed by atoms with E-state index < -0.39 is 16.1 Å². The molecule has 0 saturated carbocycles. The molecule has 0 aromatic heterocycles. The minimum atomic E-state index is -3.52. The molecule has 2 aromatic rings. The molecule has 0 heterocycles. The molecule has 1 atom stereocenters. The maximum absolute atomic E-state index is 13.3. The number of hydrogen-bond acceptors (Lipinski definition) is 4. The van der Waals surface area contributed by atoms with Crippen molar-refractivity contribution in [1.82, 2.24) is 10.2 Å². The van der Waals surface area contributed by atoms with Gasteiger partial charge in [-0.2, -0.15) is 0 Å². The van der Waals surface area contributed by atoms with Crippen LogP contribution >= 0.6 is 0 Å². The van der Waals surface area contributed by atoms with Crippen LogP contribution in [-0.4, -0.2) is 51.0 Å². The predicted octanol–water partition coefficient (Wildman–Crippen LogP) is 3.71. The Morgan fingerprint density at radius 3 is 2.18 bits per heavy atom. The molecule has 2 rings (SSSR count). The van der Waals surface area contributed by atoms with E-state index in [1.165, 1.54) is 10.6 Å². The third-order valence-electron chi connectivity index (χ3n) is 5.71. The quantitative estimate of drug-likeness (QED) is 0.523. The molecule has 0 aliphatic heterocycles. The molecule has 2 aromatic carbocycles. The van der Waals surface area contributed by atoms with Crippen molar-refractivity contribution in [2.75, 3.05) is 24.2 Å². The molecule has 1 N–H and O–H groups in total. The molecule has 8 heteroatoms. The lowest BCUT2D eigenvalue weighted by atomic mass is 10.1. The second-order valence-electron chi connectivity index (χ2n) is 8.83. The minimum absolute atomic E-state index is 0.135. The second-order valence-corrected chi connectivity index (χ2v) is 10.7. The number of likely N-dealkylation sites (N-methyl/N-ethyl adjacent to an activating group) is 1. The topological polar surface area (TPSA) is 86.8 Å². The largest absolute Gasteiger partial charge is 0.357 e. The Bertz CT molecular complexity index is 1090. The van der Waals surface area contributed by atoms with Crippen molar-refractivity contribution in [1.29, 1.82) is 0 Å². The Labute approximate surface area is 204 Å². The summed E-state index contributed by atoms with van der Waals surface area (Å²) in [5.74, 6) is -0.387. The van der Waals surface area contributed by atoms with Gasteiger partial charge in [0.1, 0.15) is 6.04 Å². The summed E-state index contributed by atoms with van der Waals surface area (Å²) in [7, 11) is -1.95. The van der Waals surface area contributed by atoms with E-state index in [1.807, 2.05) is 70.2 Å². The highest BCUT2D eigenvalue weighted by Crippen LogP contribution is 2.22. The number of sulfonamides is 1. The average Bonchev–Trinajstić information content (AvgIpc) is 2.74. The number of aryl methyl sites for hydroxylation is 3. The van der Waals surface area contributed by atoms with Crippen LogP contribution in [0.25, 0.3) is 0 Å². The zero-order valence-electron chi connectivity index (χ0n) is 21.1. The van der Waals surface area contributed by atoms with E-state index in [-0.39, 0.29) is 24.8 Å². The first-order valence-electron chi connectivity index (χ1n) is 11.6. The number of hydrogen-bond donors (Lipinski definition) is 1. The van der Waals surface area contributed by atoms with Gasteiger partial charge in [0, 0.05) is 26.6 Å². The first-order valence-corrected chi connectivity index (χ1v) is 13.4. The molecule has 0 spiro atoms. The zero-order chi connectivity index (χ0) is 25.5. The Kier molecular flexibility index (Phi) is 9.67. The fraction of sp³-hybridized carbons (Fsp3) is 0.462. The van der Waals surface area contributed by atoms with Gasteiger partial charge >= 0.3 is 0 Å². The molecule has 0 aliphatic rings. The van der Waals surface area contributed by atoms with Crippen LogP contribution in [-0.2, 0) is 26.2 Å². The fourth-order valence-corrected chi connectivity index (χ4v) is 5.14. The lowest BCUT2D eigenvalue weighted by Crippen LogP contribution is -2.48. The van der Waals surface area contributed by atoms with Crippen LogP contribution in [0, 0.1) is 20.8 Å². The maximum atomic E-state index is 13.3. The van der Waals surface area contributed by atoms with E-state index in [0.29, 0.717) is 25.1 Å². The Morgan fingerprint density at radius 1 is 1.00 bits per heavy atom. The highest BCUT2D eigenvalue weighted by Gasteiger charge is 2.28. The molecule has 0 aliphatic carbocycles. The maximum Gasteiger partial charge on any atom is 0.242 e. The highest BCUT2D eigenvalue weighted by molar-refractivity contribution is 7.92. The molecule has 0 radical (unpaired) electrons. The molecular formula is C26H37N3O4S. The van der Waals surface area contributed by atoms with Crippen LogP contribution in [0.3, 0.4) is 0 Å². The van der Waals surface area contributed by atoms with Gasteiger partial charge in [0.25, 0.3) is 0 Å². The van der Waals surface area contributed by atoms with Gasteiger partial charge in [-0.1, -0.05) is 42.8 Å². The third-order valence-corrected chi connectivity index (χ3v) is 6.91. The van der Waals surface area contributed by atoms with E-state index in [1.54, 1.807) is 11.9 Å². The number of nitrogens with one attached hydrogen (secondary N) is 1. The molecule has 0 bridgehead atoms. The van der Waals surface area contributed by atoms with Gasteiger partial charge < -0.3 is 10.2 Å². The van der Waals surface area contributed by atoms with Gasteiger partial charge in [0.2, 0.25) is 21.8 Å². The summed E-state index contributed by atoms with van der Waals surface area (Å²) in [5, 5.41) is 2.65. The minimum Gasteiger partial charge on any atom is -0.357 e. The summed E-state index contributed by atoms with van der Waals surface area (Å²) in [4.78, 5) is 27.4. The smallest absolute Gasteiger partial charge is 0.242 e. The van der Waals surface area contributed by atoms with E-state index in [2.05, 4.69) is 5.32 Å². The van der Waals surface area contributed by atoms with Gasteiger partial charge in [-0.15, -0.1) is 0 Å². The van der Waals surface area contributed by atoms with Crippen LogP contribution in [0.5, 0.6) is 0 Å². The van der Waals surface area contributed by atoms with Crippen molar-refractivity contribution >= 4 is 27.5 Å². The van der Waals surface area contributed by atoms with E-state index in [4.69, 9.17) is 0 Å². The van der Waals surface area contributed by atoms with Crippen LogP contribution < -0.4 is 9.62 Å². The molecule has 0 unspecified atom stereocenters. The van der Waals surface area contributed by atoms with Gasteiger partial charge in [-0.3, -0.25) is 13.9 Å². The van der Waals surface area contributed by atoms with E-state index in [0.717, 1.165) is 22.3 Å². The summed E-state index contributed by atoms with van der Waals surface area (Å²) in [5.41, 5.74) is 4.57. The second kappa shape index (κ2) is 12.0. The van der Waals surface area contributed by atoms with Gasteiger partial charge in [0.05, 0.1) is 11.9 Å². The van der Waals surface area contributed by atoms with Crippen molar-refractivity contribution in [3.05, 3.63) is 64.7 Å². The van der Waals surface area contributed by atoms with Crippen molar-refractivity contribution < 1.29 is 18.0 Å². The van der Waals surface area contributed by atoms with Gasteiger partial charge in [-0.05, 0) is 62.4 Å². The molecule has 7 nitrogen and oxygen atoms in total. The van der Waals surface area contributed by atoms with Crippen LogP contribution in [0.15, 0.2) is 42.5 Å². The average molecular weight is 488 g/mol. The first-order chi connectivity index (χ1) is 16.0. The first kappa shape index (κ1) is 27.4. The number of anilines is 1. The molecule has 34 heavy (non-hydrogen) atoms.